The first-order valence-electron chi connectivity index (χ1n) is 8.30. The Hall–Kier alpha value is 0.0169. The third-order valence-electron chi connectivity index (χ3n) is 4.56. The van der Waals surface area contributed by atoms with Gasteiger partial charge in [-0.05, 0) is 44.1 Å². The third kappa shape index (κ3) is 5.01. The Bertz CT molecular complexity index is 263. The minimum Gasteiger partial charge on any atom is -0.400 e. The number of rotatable bonds is 9. The molecule has 0 aliphatic carbocycles. The molecule has 21 heavy (non-hydrogen) atoms. The van der Waals surface area contributed by atoms with E-state index in [0.29, 0.717) is 5.54 Å². The van der Waals surface area contributed by atoms with Crippen LogP contribution in [0.5, 0.6) is 0 Å². The summed E-state index contributed by atoms with van der Waals surface area (Å²) in [5.41, 5.74) is 0.538. The molecule has 2 rings (SSSR count). The average molecular weight is 318 g/mol. The minimum atomic E-state index is -1.48. The van der Waals surface area contributed by atoms with Gasteiger partial charge in [0, 0.05) is 34.0 Å². The fourth-order valence-corrected chi connectivity index (χ4v) is 5.04. The van der Waals surface area contributed by atoms with Gasteiger partial charge in [-0.3, -0.25) is 4.90 Å². The summed E-state index contributed by atoms with van der Waals surface area (Å²) in [5, 5.41) is 0. The van der Waals surface area contributed by atoms with E-state index in [-0.39, 0.29) is 12.5 Å². The van der Waals surface area contributed by atoms with Crippen molar-refractivity contribution in [2.24, 2.45) is 0 Å². The Morgan fingerprint density at radius 3 is 2.10 bits per heavy atom. The van der Waals surface area contributed by atoms with E-state index in [0.717, 1.165) is 45.4 Å². The first-order valence-corrected chi connectivity index (χ1v) is 9.91. The molecule has 0 aromatic rings. The minimum absolute atomic E-state index is 0.265. The summed E-state index contributed by atoms with van der Waals surface area (Å²) in [7, 11) is 2.05. The van der Waals surface area contributed by atoms with E-state index < -0.39 is 9.28 Å². The number of hydrogen-bond acceptors (Lipinski definition) is 5. The molecule has 2 aliphatic rings. The molecule has 0 N–H and O–H groups in total. The Morgan fingerprint density at radius 2 is 1.67 bits per heavy atom. The van der Waals surface area contributed by atoms with E-state index in [1.165, 1.54) is 12.8 Å². The van der Waals surface area contributed by atoms with E-state index in [1.54, 1.807) is 14.2 Å². The van der Waals surface area contributed by atoms with Crippen molar-refractivity contribution >= 4 is 9.28 Å². The van der Waals surface area contributed by atoms with Gasteiger partial charge in [-0.25, -0.2) is 0 Å². The Labute approximate surface area is 130 Å². The normalized spacial score (nSPS) is 27.9. The highest BCUT2D eigenvalue weighted by Crippen LogP contribution is 2.26. The molecule has 3 unspecified atom stereocenters. The lowest BCUT2D eigenvalue weighted by atomic mass is 10.2. The maximum Gasteiger partial charge on any atom is 0.323 e. The van der Waals surface area contributed by atoms with Crippen molar-refractivity contribution in [3.05, 3.63) is 0 Å². The standard InChI is InChI=1S/C15H31NO4Si/c1-13(21(17-2)18-3)7-4-10-16(14-8-5-11-19-14)15-9-6-12-20-15/h13-15,21H,4-12H2,1-3H3. The summed E-state index contributed by atoms with van der Waals surface area (Å²) in [6.07, 6.45) is 7.46. The van der Waals surface area contributed by atoms with Crippen LogP contribution in [0.25, 0.3) is 0 Å². The molecular weight excluding hydrogens is 286 g/mol. The zero-order valence-corrected chi connectivity index (χ0v) is 14.9. The number of ether oxygens (including phenoxy) is 2. The summed E-state index contributed by atoms with van der Waals surface area (Å²) in [6.45, 7) is 5.08. The molecule has 2 saturated heterocycles. The molecule has 2 heterocycles. The van der Waals surface area contributed by atoms with Crippen LogP contribution in [0.15, 0.2) is 0 Å². The summed E-state index contributed by atoms with van der Waals surface area (Å²) < 4.78 is 22.7. The number of hydrogen-bond donors (Lipinski definition) is 0. The molecule has 3 atom stereocenters. The van der Waals surface area contributed by atoms with Gasteiger partial charge in [0.2, 0.25) is 0 Å². The van der Waals surface area contributed by atoms with Crippen LogP contribution in [0, 0.1) is 0 Å². The predicted octanol–water partition coefficient (Wildman–Crippen LogP) is 2.25. The average Bonchev–Trinajstić information content (AvgIpc) is 3.18. The fourth-order valence-electron chi connectivity index (χ4n) is 3.41. The molecule has 0 aromatic carbocycles. The smallest absolute Gasteiger partial charge is 0.323 e. The molecule has 2 aliphatic heterocycles. The lowest BCUT2D eigenvalue weighted by Crippen LogP contribution is -2.43. The SMILES string of the molecule is CO[SiH](OC)C(C)CCCN(C1CCCO1)C1CCCO1. The molecule has 0 spiro atoms. The van der Waals surface area contributed by atoms with Crippen LogP contribution in [0.1, 0.15) is 45.4 Å². The number of nitrogens with zero attached hydrogens (tertiary/aromatic N) is 1. The van der Waals surface area contributed by atoms with Gasteiger partial charge in [-0.1, -0.05) is 6.92 Å². The second-order valence-electron chi connectivity index (χ2n) is 6.13. The molecule has 5 nitrogen and oxygen atoms in total. The summed E-state index contributed by atoms with van der Waals surface area (Å²) >= 11 is 0. The lowest BCUT2D eigenvalue weighted by Gasteiger charge is -2.33. The first kappa shape index (κ1) is 17.4. The molecule has 0 amide bonds. The van der Waals surface area contributed by atoms with Crippen LogP contribution in [0.2, 0.25) is 5.54 Å². The summed E-state index contributed by atoms with van der Waals surface area (Å²) in [5.74, 6) is 0. The van der Waals surface area contributed by atoms with Crippen molar-refractivity contribution in [2.75, 3.05) is 34.0 Å². The van der Waals surface area contributed by atoms with Crippen LogP contribution in [-0.4, -0.2) is 60.6 Å². The second-order valence-corrected chi connectivity index (χ2v) is 8.95. The van der Waals surface area contributed by atoms with Gasteiger partial charge >= 0.3 is 9.28 Å². The van der Waals surface area contributed by atoms with Crippen molar-refractivity contribution in [1.29, 1.82) is 0 Å². The quantitative estimate of drug-likeness (QED) is 0.610. The molecular formula is C15H31NO4Si. The van der Waals surface area contributed by atoms with Crippen molar-refractivity contribution < 1.29 is 18.3 Å². The maximum absolute atomic E-state index is 5.88. The first-order chi connectivity index (χ1) is 10.3. The van der Waals surface area contributed by atoms with Crippen LogP contribution < -0.4 is 0 Å². The Kier molecular flexibility index (Phi) is 7.63. The molecule has 2 fully saturated rings. The van der Waals surface area contributed by atoms with Gasteiger partial charge in [0.1, 0.15) is 12.5 Å². The van der Waals surface area contributed by atoms with E-state index in [1.807, 2.05) is 0 Å². The topological polar surface area (TPSA) is 40.2 Å². The highest BCUT2D eigenvalue weighted by molar-refractivity contribution is 6.46. The van der Waals surface area contributed by atoms with Crippen molar-refractivity contribution in [1.82, 2.24) is 4.90 Å². The predicted molar refractivity (Wildman–Crippen MR) is 84.5 cm³/mol. The van der Waals surface area contributed by atoms with E-state index in [9.17, 15) is 0 Å². The third-order valence-corrected chi connectivity index (χ3v) is 6.75. The van der Waals surface area contributed by atoms with E-state index in [4.69, 9.17) is 18.3 Å². The molecule has 0 saturated carbocycles. The molecule has 0 aromatic heterocycles. The van der Waals surface area contributed by atoms with Crippen molar-refractivity contribution in [3.8, 4) is 0 Å². The Balaban J connectivity index is 1.78. The van der Waals surface area contributed by atoms with E-state index >= 15 is 0 Å². The molecule has 0 bridgehead atoms. The van der Waals surface area contributed by atoms with E-state index in [2.05, 4.69) is 11.8 Å². The zero-order valence-electron chi connectivity index (χ0n) is 13.8. The Morgan fingerprint density at radius 1 is 1.10 bits per heavy atom. The van der Waals surface area contributed by atoms with Crippen LogP contribution in [0.4, 0.5) is 0 Å². The highest BCUT2D eigenvalue weighted by atomic mass is 28.3. The van der Waals surface area contributed by atoms with Gasteiger partial charge in [0.05, 0.1) is 0 Å². The van der Waals surface area contributed by atoms with Gasteiger partial charge in [-0.15, -0.1) is 0 Å². The van der Waals surface area contributed by atoms with Crippen LogP contribution >= 0.6 is 0 Å². The van der Waals surface area contributed by atoms with Crippen molar-refractivity contribution in [2.45, 2.75) is 63.4 Å². The lowest BCUT2D eigenvalue weighted by molar-refractivity contribution is -0.117. The van der Waals surface area contributed by atoms with Gasteiger partial charge in [0.25, 0.3) is 0 Å². The van der Waals surface area contributed by atoms with Crippen molar-refractivity contribution in [3.63, 3.8) is 0 Å². The largest absolute Gasteiger partial charge is 0.400 e. The van der Waals surface area contributed by atoms with Crippen LogP contribution in [-0.2, 0) is 18.3 Å². The summed E-state index contributed by atoms with van der Waals surface area (Å²) in [4.78, 5) is 2.45. The fraction of sp³-hybridized carbons (Fsp3) is 1.00. The van der Waals surface area contributed by atoms with Gasteiger partial charge in [0.15, 0.2) is 0 Å². The summed E-state index contributed by atoms with van der Waals surface area (Å²) in [6, 6.07) is 0. The maximum atomic E-state index is 5.88. The van der Waals surface area contributed by atoms with Gasteiger partial charge < -0.3 is 18.3 Å². The second kappa shape index (κ2) is 9.22. The van der Waals surface area contributed by atoms with Crippen LogP contribution in [0.3, 0.4) is 0 Å². The molecule has 6 heteroatoms. The highest BCUT2D eigenvalue weighted by Gasteiger charge is 2.32. The zero-order chi connectivity index (χ0) is 15.1. The van der Waals surface area contributed by atoms with Gasteiger partial charge in [-0.2, -0.15) is 0 Å². The monoisotopic (exact) mass is 317 g/mol. The molecule has 124 valence electrons. The molecule has 0 radical (unpaired) electrons.